The lowest BCUT2D eigenvalue weighted by atomic mass is 10.2. The van der Waals surface area contributed by atoms with Crippen LogP contribution in [0.5, 0.6) is 0 Å². The van der Waals surface area contributed by atoms with Gasteiger partial charge in [-0.15, -0.1) is 11.3 Å². The van der Waals surface area contributed by atoms with Crippen LogP contribution in [-0.4, -0.2) is 28.0 Å². The van der Waals surface area contributed by atoms with E-state index in [0.29, 0.717) is 22.2 Å². The van der Waals surface area contributed by atoms with Crippen molar-refractivity contribution in [2.24, 2.45) is 0 Å². The first-order chi connectivity index (χ1) is 12.6. The van der Waals surface area contributed by atoms with Gasteiger partial charge in [-0.05, 0) is 49.0 Å². The van der Waals surface area contributed by atoms with E-state index < -0.39 is 0 Å². The van der Waals surface area contributed by atoms with E-state index in [-0.39, 0.29) is 5.97 Å². The van der Waals surface area contributed by atoms with E-state index in [1.807, 2.05) is 43.5 Å². The van der Waals surface area contributed by atoms with Gasteiger partial charge in [0.2, 0.25) is 0 Å². The number of hydrogen-bond acceptors (Lipinski definition) is 5. The van der Waals surface area contributed by atoms with Crippen LogP contribution in [0, 0.1) is 6.92 Å². The van der Waals surface area contributed by atoms with Crippen LogP contribution in [0.25, 0.3) is 5.69 Å². The number of nitrogens with one attached hydrogen (secondary N) is 2. The monoisotopic (exact) mass is 386 g/mol. The molecule has 0 radical (unpaired) electrons. The lowest BCUT2D eigenvalue weighted by Crippen LogP contribution is -2.28. The summed E-state index contributed by atoms with van der Waals surface area (Å²) in [6, 6.07) is 11.7. The van der Waals surface area contributed by atoms with Crippen molar-refractivity contribution in [1.82, 2.24) is 15.1 Å². The number of nitrogens with zero attached hydrogens (tertiary/aromatic N) is 2. The minimum Gasteiger partial charge on any atom is -0.465 e. The molecule has 2 N–H and O–H groups in total. The van der Waals surface area contributed by atoms with Crippen molar-refractivity contribution in [2.45, 2.75) is 13.5 Å². The maximum atomic E-state index is 11.8. The molecule has 134 valence electrons. The van der Waals surface area contributed by atoms with E-state index in [4.69, 9.17) is 17.0 Å². The standard InChI is InChI=1S/C18H18N4O2S2/c1-12-10-15(17(23)24-2)16(26-12)21-18(25)19-11-13-4-6-14(7-5-13)22-9-3-8-20-22/h3-10H,11H2,1-2H3,(H2,19,21,25). The van der Waals surface area contributed by atoms with Gasteiger partial charge in [0.05, 0.1) is 18.4 Å². The Morgan fingerprint density at radius 1 is 1.35 bits per heavy atom. The zero-order valence-electron chi connectivity index (χ0n) is 14.4. The molecule has 0 amide bonds. The second kappa shape index (κ2) is 8.11. The van der Waals surface area contributed by atoms with Gasteiger partial charge in [-0.1, -0.05) is 12.1 Å². The summed E-state index contributed by atoms with van der Waals surface area (Å²) in [5.41, 5.74) is 2.57. The Bertz CT molecular complexity index is 902. The number of carbonyl (C=O) groups excluding carboxylic acids is 1. The summed E-state index contributed by atoms with van der Waals surface area (Å²) in [6.45, 7) is 2.50. The first-order valence-electron chi connectivity index (χ1n) is 7.89. The smallest absolute Gasteiger partial charge is 0.340 e. The lowest BCUT2D eigenvalue weighted by Gasteiger charge is -2.11. The second-order valence-electron chi connectivity index (χ2n) is 5.52. The third-order valence-corrected chi connectivity index (χ3v) is 4.86. The summed E-state index contributed by atoms with van der Waals surface area (Å²) in [7, 11) is 1.36. The molecule has 0 spiro atoms. The number of thiocarbonyl (C=S) groups is 1. The van der Waals surface area contributed by atoms with E-state index in [1.165, 1.54) is 18.4 Å². The first-order valence-corrected chi connectivity index (χ1v) is 9.12. The van der Waals surface area contributed by atoms with Crippen molar-refractivity contribution in [3.05, 3.63) is 64.8 Å². The Hall–Kier alpha value is -2.71. The number of aryl methyl sites for hydroxylation is 1. The molecular formula is C18H18N4O2S2. The van der Waals surface area contributed by atoms with Crippen LogP contribution in [0.15, 0.2) is 48.8 Å². The molecule has 0 atom stereocenters. The molecule has 0 aliphatic rings. The van der Waals surface area contributed by atoms with Crippen LogP contribution in [0.3, 0.4) is 0 Å². The van der Waals surface area contributed by atoms with Gasteiger partial charge in [0, 0.05) is 23.8 Å². The van der Waals surface area contributed by atoms with E-state index in [1.54, 1.807) is 16.9 Å². The summed E-state index contributed by atoms with van der Waals surface area (Å²) in [5, 5.41) is 11.6. The van der Waals surface area contributed by atoms with Gasteiger partial charge in [-0.25, -0.2) is 9.48 Å². The van der Waals surface area contributed by atoms with E-state index in [9.17, 15) is 4.79 Å². The predicted octanol–water partition coefficient (Wildman–Crippen LogP) is 3.52. The zero-order chi connectivity index (χ0) is 18.5. The van der Waals surface area contributed by atoms with Gasteiger partial charge in [0.25, 0.3) is 0 Å². The maximum absolute atomic E-state index is 11.8. The molecule has 2 heterocycles. The summed E-state index contributed by atoms with van der Waals surface area (Å²) >= 11 is 6.80. The Labute approximate surface area is 160 Å². The van der Waals surface area contributed by atoms with Crippen molar-refractivity contribution in [3.63, 3.8) is 0 Å². The van der Waals surface area contributed by atoms with E-state index >= 15 is 0 Å². The molecule has 0 aliphatic carbocycles. The lowest BCUT2D eigenvalue weighted by molar-refractivity contribution is 0.0602. The average Bonchev–Trinajstić information content (AvgIpc) is 3.30. The summed E-state index contributed by atoms with van der Waals surface area (Å²) in [6.07, 6.45) is 3.64. The molecule has 0 saturated heterocycles. The molecule has 0 bridgehead atoms. The zero-order valence-corrected chi connectivity index (χ0v) is 16.0. The molecule has 0 fully saturated rings. The molecule has 0 saturated carbocycles. The number of methoxy groups -OCH3 is 1. The normalized spacial score (nSPS) is 10.4. The number of thiophene rings is 1. The Morgan fingerprint density at radius 3 is 2.77 bits per heavy atom. The molecule has 3 rings (SSSR count). The molecule has 0 unspecified atom stereocenters. The first kappa shape index (κ1) is 18.1. The number of ether oxygens (including phenoxy) is 1. The van der Waals surface area contributed by atoms with Crippen molar-refractivity contribution >= 4 is 39.6 Å². The van der Waals surface area contributed by atoms with Crippen molar-refractivity contribution in [3.8, 4) is 5.69 Å². The molecule has 26 heavy (non-hydrogen) atoms. The highest BCUT2D eigenvalue weighted by Crippen LogP contribution is 2.28. The number of anilines is 1. The van der Waals surface area contributed by atoms with Crippen molar-refractivity contribution < 1.29 is 9.53 Å². The molecule has 3 aromatic rings. The molecular weight excluding hydrogens is 368 g/mol. The van der Waals surface area contributed by atoms with Crippen LogP contribution >= 0.6 is 23.6 Å². The fourth-order valence-corrected chi connectivity index (χ4v) is 3.53. The highest BCUT2D eigenvalue weighted by Gasteiger charge is 2.16. The second-order valence-corrected chi connectivity index (χ2v) is 7.18. The Kier molecular flexibility index (Phi) is 5.65. The van der Waals surface area contributed by atoms with Crippen LogP contribution < -0.4 is 10.6 Å². The van der Waals surface area contributed by atoms with Crippen LogP contribution in [-0.2, 0) is 11.3 Å². The third-order valence-electron chi connectivity index (χ3n) is 3.65. The SMILES string of the molecule is COC(=O)c1cc(C)sc1NC(=S)NCc1ccc(-n2cccn2)cc1. The number of esters is 1. The number of aromatic nitrogens is 2. The molecule has 2 aromatic heterocycles. The van der Waals surface area contributed by atoms with Gasteiger partial charge < -0.3 is 15.4 Å². The molecule has 0 aliphatic heterocycles. The highest BCUT2D eigenvalue weighted by atomic mass is 32.1. The van der Waals surface area contributed by atoms with Crippen LogP contribution in [0.4, 0.5) is 5.00 Å². The fourth-order valence-electron chi connectivity index (χ4n) is 2.39. The molecule has 8 heteroatoms. The minimum absolute atomic E-state index is 0.381. The maximum Gasteiger partial charge on any atom is 0.340 e. The largest absolute Gasteiger partial charge is 0.465 e. The van der Waals surface area contributed by atoms with Gasteiger partial charge >= 0.3 is 5.97 Å². The van der Waals surface area contributed by atoms with Gasteiger partial charge in [0.1, 0.15) is 5.00 Å². The third kappa shape index (κ3) is 4.27. The minimum atomic E-state index is -0.381. The summed E-state index contributed by atoms with van der Waals surface area (Å²) in [5.74, 6) is -0.381. The fraction of sp³-hybridized carbons (Fsp3) is 0.167. The molecule has 6 nitrogen and oxygen atoms in total. The highest BCUT2D eigenvalue weighted by molar-refractivity contribution is 7.80. The topological polar surface area (TPSA) is 68.2 Å². The van der Waals surface area contributed by atoms with E-state index in [0.717, 1.165) is 16.1 Å². The van der Waals surface area contributed by atoms with Gasteiger partial charge in [0.15, 0.2) is 5.11 Å². The number of benzene rings is 1. The van der Waals surface area contributed by atoms with Gasteiger partial charge in [-0.3, -0.25) is 0 Å². The van der Waals surface area contributed by atoms with E-state index in [2.05, 4.69) is 15.7 Å². The van der Waals surface area contributed by atoms with Crippen molar-refractivity contribution in [1.29, 1.82) is 0 Å². The predicted molar refractivity (Wildman–Crippen MR) is 107 cm³/mol. The quantitative estimate of drug-likeness (QED) is 0.517. The summed E-state index contributed by atoms with van der Waals surface area (Å²) < 4.78 is 6.60. The number of hydrogen-bond donors (Lipinski definition) is 2. The van der Waals surface area contributed by atoms with Crippen LogP contribution in [0.2, 0.25) is 0 Å². The van der Waals surface area contributed by atoms with Crippen LogP contribution in [0.1, 0.15) is 20.8 Å². The Balaban J connectivity index is 1.58. The summed E-state index contributed by atoms with van der Waals surface area (Å²) in [4.78, 5) is 12.8. The molecule has 1 aromatic carbocycles. The average molecular weight is 387 g/mol. The van der Waals surface area contributed by atoms with Crippen molar-refractivity contribution in [2.75, 3.05) is 12.4 Å². The Morgan fingerprint density at radius 2 is 2.12 bits per heavy atom. The van der Waals surface area contributed by atoms with Gasteiger partial charge in [-0.2, -0.15) is 5.10 Å². The number of rotatable bonds is 5. The number of carbonyl (C=O) groups is 1.